The lowest BCUT2D eigenvalue weighted by Gasteiger charge is -2.08. The molecule has 4 aromatic carbocycles. The van der Waals surface area contributed by atoms with Crippen LogP contribution in [0.15, 0.2) is 97.2 Å². The molecule has 0 saturated heterocycles. The summed E-state index contributed by atoms with van der Waals surface area (Å²) >= 11 is 12.5. The standard InChI is InChI=1S/C33H26Cl2N6O/c1-2-41-20-31(29-17-14-27(34)19-30(29)35)36-32(41)18-7-22-3-8-24(9-4-22)25-12-15-28(16-13-25)42-21-23-5-10-26(11-6-23)33-37-39-40-38-33/h3-20H,2,21H2,1H3,(H,37,38,39,40)/b18-7+. The third kappa shape index (κ3) is 6.28. The van der Waals surface area contributed by atoms with Gasteiger partial charge in [-0.25, -0.2) is 10.1 Å². The van der Waals surface area contributed by atoms with Gasteiger partial charge in [0.05, 0.1) is 10.7 Å². The molecule has 9 heteroatoms. The first kappa shape index (κ1) is 27.4. The highest BCUT2D eigenvalue weighted by Gasteiger charge is 2.11. The SMILES string of the molecule is CCn1cc(-c2ccc(Cl)cc2Cl)nc1/C=C/c1ccc(-c2ccc(OCc3ccc(-c4nnn[nH]4)cc3)cc2)cc1. The smallest absolute Gasteiger partial charge is 0.179 e. The Balaban J connectivity index is 1.08. The van der Waals surface area contributed by atoms with Gasteiger partial charge >= 0.3 is 0 Å². The van der Waals surface area contributed by atoms with Crippen molar-refractivity contribution in [1.82, 2.24) is 30.2 Å². The molecule has 0 aliphatic heterocycles. The van der Waals surface area contributed by atoms with Crippen LogP contribution in [0.1, 0.15) is 23.9 Å². The molecule has 0 radical (unpaired) electrons. The van der Waals surface area contributed by atoms with Gasteiger partial charge < -0.3 is 9.30 Å². The number of imidazole rings is 1. The molecule has 0 atom stereocenters. The monoisotopic (exact) mass is 592 g/mol. The maximum absolute atomic E-state index is 6.41. The van der Waals surface area contributed by atoms with E-state index in [1.807, 2.05) is 60.8 Å². The van der Waals surface area contributed by atoms with Crippen LogP contribution in [0.25, 0.3) is 45.9 Å². The molecule has 2 heterocycles. The minimum atomic E-state index is 0.472. The van der Waals surface area contributed by atoms with Gasteiger partial charge in [0, 0.05) is 28.9 Å². The van der Waals surface area contributed by atoms with Gasteiger partial charge in [-0.1, -0.05) is 89.9 Å². The number of aromatic amines is 1. The molecular formula is C33H26Cl2N6O. The zero-order valence-corrected chi connectivity index (χ0v) is 24.2. The fourth-order valence-electron chi connectivity index (χ4n) is 4.55. The third-order valence-corrected chi connectivity index (χ3v) is 7.40. The minimum Gasteiger partial charge on any atom is -0.489 e. The summed E-state index contributed by atoms with van der Waals surface area (Å²) < 4.78 is 8.09. The van der Waals surface area contributed by atoms with Crippen molar-refractivity contribution in [2.75, 3.05) is 0 Å². The van der Waals surface area contributed by atoms with Gasteiger partial charge in [0.25, 0.3) is 0 Å². The number of H-pyrrole nitrogens is 1. The molecule has 6 aromatic rings. The molecule has 0 amide bonds. The molecule has 0 aliphatic rings. The van der Waals surface area contributed by atoms with Crippen LogP contribution in [0, 0.1) is 0 Å². The number of aryl methyl sites for hydroxylation is 1. The lowest BCUT2D eigenvalue weighted by molar-refractivity contribution is 0.306. The van der Waals surface area contributed by atoms with E-state index in [2.05, 4.69) is 74.6 Å². The first-order valence-electron chi connectivity index (χ1n) is 13.4. The second kappa shape index (κ2) is 12.4. The Morgan fingerprint density at radius 2 is 1.55 bits per heavy atom. The summed E-state index contributed by atoms with van der Waals surface area (Å²) in [5.74, 6) is 2.31. The number of ether oxygens (including phenoxy) is 1. The average Bonchev–Trinajstić information content (AvgIpc) is 3.71. The molecule has 6 rings (SSSR count). The fourth-order valence-corrected chi connectivity index (χ4v) is 5.06. The van der Waals surface area contributed by atoms with Gasteiger partial charge in [0.1, 0.15) is 18.2 Å². The first-order chi connectivity index (χ1) is 20.6. The van der Waals surface area contributed by atoms with Crippen LogP contribution < -0.4 is 4.74 Å². The predicted molar refractivity (Wildman–Crippen MR) is 168 cm³/mol. The summed E-state index contributed by atoms with van der Waals surface area (Å²) in [4.78, 5) is 4.81. The summed E-state index contributed by atoms with van der Waals surface area (Å²) in [5.41, 5.74) is 7.00. The van der Waals surface area contributed by atoms with E-state index in [1.165, 1.54) is 0 Å². The van der Waals surface area contributed by atoms with E-state index < -0.39 is 0 Å². The Labute approximate surface area is 253 Å². The average molecular weight is 594 g/mol. The molecule has 2 aromatic heterocycles. The maximum atomic E-state index is 6.41. The Hall–Kier alpha value is -4.72. The van der Waals surface area contributed by atoms with E-state index in [0.717, 1.165) is 57.2 Å². The van der Waals surface area contributed by atoms with Crippen LogP contribution in [0.5, 0.6) is 5.75 Å². The van der Waals surface area contributed by atoms with Crippen molar-refractivity contribution in [2.45, 2.75) is 20.1 Å². The zero-order valence-electron chi connectivity index (χ0n) is 22.7. The van der Waals surface area contributed by atoms with E-state index in [1.54, 1.807) is 6.07 Å². The summed E-state index contributed by atoms with van der Waals surface area (Å²) in [7, 11) is 0. The third-order valence-electron chi connectivity index (χ3n) is 6.86. The van der Waals surface area contributed by atoms with Crippen molar-refractivity contribution in [3.63, 3.8) is 0 Å². The quantitative estimate of drug-likeness (QED) is 0.182. The van der Waals surface area contributed by atoms with Crippen LogP contribution in [0.2, 0.25) is 10.0 Å². The molecular weight excluding hydrogens is 567 g/mol. The van der Waals surface area contributed by atoms with E-state index >= 15 is 0 Å². The molecule has 0 unspecified atom stereocenters. The second-order valence-electron chi connectivity index (χ2n) is 9.61. The number of rotatable bonds is 9. The lowest BCUT2D eigenvalue weighted by atomic mass is 10.0. The Kier molecular flexibility index (Phi) is 8.12. The number of aromatic nitrogens is 6. The molecule has 0 saturated carbocycles. The number of nitrogens with zero attached hydrogens (tertiary/aromatic N) is 5. The van der Waals surface area contributed by atoms with Crippen molar-refractivity contribution in [2.24, 2.45) is 0 Å². The van der Waals surface area contributed by atoms with Crippen molar-refractivity contribution in [3.05, 3.63) is 124 Å². The largest absolute Gasteiger partial charge is 0.489 e. The zero-order chi connectivity index (χ0) is 28.9. The fraction of sp³-hybridized carbons (Fsp3) is 0.0909. The number of tetrazole rings is 1. The first-order valence-corrected chi connectivity index (χ1v) is 14.2. The van der Waals surface area contributed by atoms with Crippen LogP contribution >= 0.6 is 23.2 Å². The molecule has 1 N–H and O–H groups in total. The summed E-state index contributed by atoms with van der Waals surface area (Å²) in [6.07, 6.45) is 6.10. The molecule has 0 spiro atoms. The number of halogens is 2. The van der Waals surface area contributed by atoms with Gasteiger partial charge in [-0.3, -0.25) is 0 Å². The Morgan fingerprint density at radius 3 is 2.21 bits per heavy atom. The van der Waals surface area contributed by atoms with E-state index in [4.69, 9.17) is 32.9 Å². The van der Waals surface area contributed by atoms with Gasteiger partial charge in [-0.15, -0.1) is 5.10 Å². The predicted octanol–water partition coefficient (Wildman–Crippen LogP) is 8.47. The maximum Gasteiger partial charge on any atom is 0.179 e. The highest BCUT2D eigenvalue weighted by atomic mass is 35.5. The number of hydrogen-bond donors (Lipinski definition) is 1. The highest BCUT2D eigenvalue weighted by Crippen LogP contribution is 2.30. The van der Waals surface area contributed by atoms with Gasteiger partial charge in [0.2, 0.25) is 0 Å². The van der Waals surface area contributed by atoms with Crippen LogP contribution in [-0.4, -0.2) is 30.2 Å². The van der Waals surface area contributed by atoms with E-state index in [0.29, 0.717) is 22.5 Å². The second-order valence-corrected chi connectivity index (χ2v) is 10.5. The number of hydrogen-bond acceptors (Lipinski definition) is 5. The molecule has 0 fully saturated rings. The van der Waals surface area contributed by atoms with E-state index in [-0.39, 0.29) is 0 Å². The highest BCUT2D eigenvalue weighted by molar-refractivity contribution is 6.36. The van der Waals surface area contributed by atoms with Crippen LogP contribution in [-0.2, 0) is 13.2 Å². The molecule has 208 valence electrons. The summed E-state index contributed by atoms with van der Waals surface area (Å²) in [5, 5.41) is 15.1. The van der Waals surface area contributed by atoms with Gasteiger partial charge in [0.15, 0.2) is 5.82 Å². The Morgan fingerprint density at radius 1 is 0.833 bits per heavy atom. The number of nitrogens with one attached hydrogen (secondary N) is 1. The molecule has 0 bridgehead atoms. The topological polar surface area (TPSA) is 81.5 Å². The Bertz CT molecular complexity index is 1810. The van der Waals surface area contributed by atoms with Crippen molar-refractivity contribution < 1.29 is 4.74 Å². The van der Waals surface area contributed by atoms with Crippen molar-refractivity contribution >= 4 is 35.4 Å². The van der Waals surface area contributed by atoms with Gasteiger partial charge in [-0.05, 0) is 76.0 Å². The van der Waals surface area contributed by atoms with Gasteiger partial charge in [-0.2, -0.15) is 0 Å². The van der Waals surface area contributed by atoms with E-state index in [9.17, 15) is 0 Å². The molecule has 0 aliphatic carbocycles. The molecule has 7 nitrogen and oxygen atoms in total. The lowest BCUT2D eigenvalue weighted by Crippen LogP contribution is -1.95. The number of benzene rings is 4. The summed E-state index contributed by atoms with van der Waals surface area (Å²) in [6, 6.07) is 30.0. The summed E-state index contributed by atoms with van der Waals surface area (Å²) in [6.45, 7) is 3.36. The normalized spacial score (nSPS) is 11.3. The van der Waals surface area contributed by atoms with Crippen molar-refractivity contribution in [3.8, 4) is 39.5 Å². The van der Waals surface area contributed by atoms with Crippen LogP contribution in [0.3, 0.4) is 0 Å². The minimum absolute atomic E-state index is 0.472. The van der Waals surface area contributed by atoms with Crippen molar-refractivity contribution in [1.29, 1.82) is 0 Å². The van der Waals surface area contributed by atoms with Crippen LogP contribution in [0.4, 0.5) is 0 Å². The molecule has 42 heavy (non-hydrogen) atoms.